The number of ether oxygens (including phenoxy) is 8. The maximum atomic E-state index is 13.1. The molecule has 0 radical (unpaired) electrons. The van der Waals surface area contributed by atoms with Crippen LogP contribution in [0, 0.1) is 34.5 Å². The molecule has 3 saturated heterocycles. The molecule has 0 aromatic heterocycles. The van der Waals surface area contributed by atoms with E-state index in [4.69, 9.17) is 43.0 Å². The Morgan fingerprint density at radius 3 is 2.14 bits per heavy atom. The fraction of sp³-hybridized carbons (Fsp3) is 0.872. The molecule has 0 aromatic carbocycles. The second-order valence-electron chi connectivity index (χ2n) is 20.9. The smallest absolute Gasteiger partial charge is 0.331 e. The van der Waals surface area contributed by atoms with Crippen LogP contribution in [-0.2, 0) is 57.1 Å². The van der Waals surface area contributed by atoms with Gasteiger partial charge in [0.2, 0.25) is 5.91 Å². The number of hydrogen-bond acceptors (Lipinski definition) is 16. The minimum absolute atomic E-state index is 0.0232. The molecule has 18 nitrogen and oxygen atoms in total. The van der Waals surface area contributed by atoms with Gasteiger partial charge >= 0.3 is 17.9 Å². The van der Waals surface area contributed by atoms with Crippen molar-refractivity contribution in [2.75, 3.05) is 13.2 Å². The van der Waals surface area contributed by atoms with E-state index in [0.717, 1.165) is 63.4 Å². The zero-order valence-electron chi connectivity index (χ0n) is 38.3. The average molecular weight is 922 g/mol. The van der Waals surface area contributed by atoms with E-state index in [-0.39, 0.29) is 66.8 Å². The number of aliphatic carboxylic acids is 1. The molecule has 8 aliphatic rings. The Balaban J connectivity index is 0.853. The number of carboxylic acids is 1. The number of carboxylic acid groups (broad SMARTS) is 1. The Kier molecular flexibility index (Phi) is 14.5. The van der Waals surface area contributed by atoms with Gasteiger partial charge in [0.15, 0.2) is 18.9 Å². The average Bonchev–Trinajstić information content (AvgIpc) is 3.79. The van der Waals surface area contributed by atoms with E-state index in [0.29, 0.717) is 18.4 Å². The topological polar surface area (TPSA) is 255 Å². The summed E-state index contributed by atoms with van der Waals surface area (Å²) in [6.45, 7) is 9.54. The molecule has 4 heterocycles. The molecule has 4 saturated carbocycles. The van der Waals surface area contributed by atoms with E-state index in [1.807, 2.05) is 0 Å². The van der Waals surface area contributed by atoms with Crippen molar-refractivity contribution in [2.45, 2.75) is 210 Å². The van der Waals surface area contributed by atoms with Gasteiger partial charge < -0.3 is 68.7 Å². The summed E-state index contributed by atoms with van der Waals surface area (Å²) in [7, 11) is 0. The number of aliphatic hydroxyl groups is 4. The van der Waals surface area contributed by atoms with E-state index in [2.05, 4.69) is 19.2 Å². The molecule has 7 fully saturated rings. The molecule has 4 aliphatic heterocycles. The molecule has 0 unspecified atom stereocenters. The second-order valence-corrected chi connectivity index (χ2v) is 20.9. The molecule has 8 rings (SSSR count). The van der Waals surface area contributed by atoms with E-state index < -0.39 is 104 Å². The number of rotatable bonds is 13. The van der Waals surface area contributed by atoms with Crippen molar-refractivity contribution in [1.82, 2.24) is 5.32 Å². The van der Waals surface area contributed by atoms with Gasteiger partial charge in [-0.3, -0.25) is 14.4 Å². The van der Waals surface area contributed by atoms with E-state index in [1.165, 1.54) is 0 Å². The van der Waals surface area contributed by atoms with E-state index >= 15 is 0 Å². The van der Waals surface area contributed by atoms with Gasteiger partial charge in [0, 0.05) is 37.2 Å². The molecule has 0 spiro atoms. The molecule has 18 heteroatoms. The Labute approximate surface area is 380 Å². The van der Waals surface area contributed by atoms with E-state index in [1.54, 1.807) is 26.8 Å². The Morgan fingerprint density at radius 2 is 1.45 bits per heavy atom. The molecule has 0 aromatic rings. The summed E-state index contributed by atoms with van der Waals surface area (Å²) in [5.41, 5.74) is 0.0488. The summed E-state index contributed by atoms with van der Waals surface area (Å²) < 4.78 is 48.7. The van der Waals surface area contributed by atoms with Crippen LogP contribution >= 0.6 is 0 Å². The summed E-state index contributed by atoms with van der Waals surface area (Å²) in [4.78, 5) is 48.0. The van der Waals surface area contributed by atoms with Crippen LogP contribution in [0.5, 0.6) is 0 Å². The summed E-state index contributed by atoms with van der Waals surface area (Å²) in [6.07, 6.45) is -1.24. The lowest BCUT2D eigenvalue weighted by Crippen LogP contribution is -2.62. The quantitative estimate of drug-likeness (QED) is 0.115. The number of fused-ring (bicyclic) bond motifs is 5. The Hall–Kier alpha value is -2.78. The van der Waals surface area contributed by atoms with Crippen LogP contribution in [0.1, 0.15) is 125 Å². The predicted octanol–water partition coefficient (Wildman–Crippen LogP) is 2.78. The molecule has 366 valence electrons. The van der Waals surface area contributed by atoms with Gasteiger partial charge in [-0.05, 0) is 113 Å². The molecular formula is C47H71NO17. The SMILES string of the molecule is C[C@H]1O[C@@H](O[C@H]2[C@@H](OC(=O)CCC(=O)NCC(=O)O)C[C@H](O[C@H]3[C@@H](O)C[C@H](O[C@H]4CC[C@@]5(C)[C@H](CC[C@@H]6[C@@H]5CC[C@]5(C)[C@@H](C7=CC(=O)OC7)CC[C@]65O)C4)O[C@@H]3C)O[C@@H]2C)C[C@H](O)[C@@H]1O. The van der Waals surface area contributed by atoms with Crippen molar-refractivity contribution in [1.29, 1.82) is 0 Å². The van der Waals surface area contributed by atoms with Crippen molar-refractivity contribution in [3.63, 3.8) is 0 Å². The standard InChI is InChI=1S/C47H71NO17/c1-23-42(56)32(49)18-40(59-23)65-44-25(3)61-41(20-34(44)63-37(54)9-8-35(51)48-21-36(52)53)64-43-24(2)60-39(19-33(43)50)62-28-10-13-45(4)27(17-28)6-7-31-30(45)11-14-46(5)29(12-15-47(31,46)57)26-16-38(55)58-22-26/h16,23-25,27-34,39-44,49-50,56-57H,6-15,17-22H2,1-5H3,(H,48,51)(H,52,53)/t23-,24-,25-,27-,28+,29-,30+,31-,32+,33+,34+,39+,40+,41+,42-,43-,44-,45+,46-,47+/m1/s1. The van der Waals surface area contributed by atoms with Crippen molar-refractivity contribution in [2.24, 2.45) is 34.5 Å². The van der Waals surface area contributed by atoms with Crippen molar-refractivity contribution >= 4 is 23.8 Å². The number of carbonyl (C=O) groups excluding carboxylic acids is 3. The highest BCUT2D eigenvalue weighted by atomic mass is 16.7. The van der Waals surface area contributed by atoms with Crippen LogP contribution in [0.2, 0.25) is 0 Å². The normalized spacial score (nSPS) is 47.4. The highest BCUT2D eigenvalue weighted by molar-refractivity contribution is 5.85. The first-order chi connectivity index (χ1) is 30.8. The minimum atomic E-state index is -1.22. The summed E-state index contributed by atoms with van der Waals surface area (Å²) in [6, 6.07) is 0. The zero-order valence-corrected chi connectivity index (χ0v) is 38.3. The van der Waals surface area contributed by atoms with Crippen LogP contribution in [0.3, 0.4) is 0 Å². The molecular weight excluding hydrogens is 851 g/mol. The van der Waals surface area contributed by atoms with Gasteiger partial charge in [-0.1, -0.05) is 13.8 Å². The second kappa shape index (κ2) is 19.3. The van der Waals surface area contributed by atoms with Crippen LogP contribution in [-0.4, -0.2) is 148 Å². The van der Waals surface area contributed by atoms with Gasteiger partial charge in [0.25, 0.3) is 0 Å². The number of amides is 1. The lowest BCUT2D eigenvalue weighted by molar-refractivity contribution is -0.336. The Bertz CT molecular complexity index is 1770. The maximum Gasteiger partial charge on any atom is 0.331 e. The third-order valence-electron chi connectivity index (χ3n) is 17.1. The zero-order chi connectivity index (χ0) is 46.6. The lowest BCUT2D eigenvalue weighted by atomic mass is 9.43. The number of esters is 2. The van der Waals surface area contributed by atoms with Gasteiger partial charge in [-0.2, -0.15) is 0 Å². The summed E-state index contributed by atoms with van der Waals surface area (Å²) in [5, 5.41) is 55.8. The molecule has 20 atom stereocenters. The third kappa shape index (κ3) is 9.77. The molecule has 0 bridgehead atoms. The lowest BCUT2D eigenvalue weighted by Gasteiger charge is -2.64. The van der Waals surface area contributed by atoms with Gasteiger partial charge in [0.1, 0.15) is 37.6 Å². The minimum Gasteiger partial charge on any atom is -0.480 e. The molecule has 4 aliphatic carbocycles. The molecule has 6 N–H and O–H groups in total. The van der Waals surface area contributed by atoms with Gasteiger partial charge in [0.05, 0.1) is 48.6 Å². The highest BCUT2D eigenvalue weighted by Crippen LogP contribution is 2.70. The Morgan fingerprint density at radius 1 is 0.769 bits per heavy atom. The number of cyclic esters (lactones) is 1. The first-order valence-corrected chi connectivity index (χ1v) is 24.0. The monoisotopic (exact) mass is 921 g/mol. The highest BCUT2D eigenvalue weighted by Gasteiger charge is 2.68. The van der Waals surface area contributed by atoms with Crippen LogP contribution in [0.4, 0.5) is 0 Å². The largest absolute Gasteiger partial charge is 0.480 e. The van der Waals surface area contributed by atoms with Gasteiger partial charge in [-0.25, -0.2) is 4.79 Å². The van der Waals surface area contributed by atoms with Crippen molar-refractivity contribution in [3.8, 4) is 0 Å². The molecule has 65 heavy (non-hydrogen) atoms. The first kappa shape index (κ1) is 48.7. The van der Waals surface area contributed by atoms with Gasteiger partial charge in [-0.15, -0.1) is 0 Å². The van der Waals surface area contributed by atoms with Crippen LogP contribution in [0.15, 0.2) is 11.6 Å². The predicted molar refractivity (Wildman–Crippen MR) is 225 cm³/mol. The molecule has 1 amide bonds. The fourth-order valence-corrected chi connectivity index (χ4v) is 13.6. The third-order valence-corrected chi connectivity index (χ3v) is 17.1. The number of aliphatic hydroxyl groups excluding tert-OH is 3. The maximum absolute atomic E-state index is 13.1. The van der Waals surface area contributed by atoms with E-state index in [9.17, 15) is 39.6 Å². The number of hydrogen-bond donors (Lipinski definition) is 6. The van der Waals surface area contributed by atoms with Crippen LogP contribution < -0.4 is 5.32 Å². The van der Waals surface area contributed by atoms with Crippen molar-refractivity contribution in [3.05, 3.63) is 11.6 Å². The van der Waals surface area contributed by atoms with Crippen molar-refractivity contribution < 1.29 is 82.6 Å². The van der Waals surface area contributed by atoms with Crippen LogP contribution in [0.25, 0.3) is 0 Å². The first-order valence-electron chi connectivity index (χ1n) is 24.0. The number of carbonyl (C=O) groups is 4. The summed E-state index contributed by atoms with van der Waals surface area (Å²) in [5.74, 6) is -1.67. The summed E-state index contributed by atoms with van der Waals surface area (Å²) >= 11 is 0. The fourth-order valence-electron chi connectivity index (χ4n) is 13.6. The number of nitrogens with one attached hydrogen (secondary N) is 1.